The van der Waals surface area contributed by atoms with Crippen molar-refractivity contribution in [1.82, 2.24) is 4.90 Å². The second kappa shape index (κ2) is 28.2. The van der Waals surface area contributed by atoms with E-state index in [1.165, 1.54) is 51.4 Å². The zero-order valence-corrected chi connectivity index (χ0v) is 25.7. The smallest absolute Gasteiger partial charge is 0.465 e. The molecule has 0 aliphatic heterocycles. The Balaban J connectivity index is 4.16. The Kier molecular flexibility index (Phi) is 27.2. The molecule has 0 N–H and O–H groups in total. The molecule has 0 aliphatic rings. The molecular weight excluding hydrogens is 498 g/mol. The number of rotatable bonds is 28. The van der Waals surface area contributed by atoms with Crippen molar-refractivity contribution in [2.75, 3.05) is 53.2 Å². The summed E-state index contributed by atoms with van der Waals surface area (Å²) in [4.78, 5) is 26.1. The van der Waals surface area contributed by atoms with Crippen molar-refractivity contribution >= 4 is 12.1 Å². The normalized spacial score (nSPS) is 12.2. The van der Waals surface area contributed by atoms with Gasteiger partial charge in [-0.3, -0.25) is 4.79 Å². The van der Waals surface area contributed by atoms with Crippen LogP contribution in [0.2, 0.25) is 0 Å². The summed E-state index contributed by atoms with van der Waals surface area (Å²) in [6.45, 7) is 13.9. The van der Waals surface area contributed by atoms with Gasteiger partial charge >= 0.3 is 12.1 Å². The summed E-state index contributed by atoms with van der Waals surface area (Å²) >= 11 is 0. The van der Waals surface area contributed by atoms with Gasteiger partial charge in [-0.15, -0.1) is 0 Å². The highest BCUT2D eigenvalue weighted by Crippen LogP contribution is 2.12. The van der Waals surface area contributed by atoms with Crippen LogP contribution >= 0.6 is 0 Å². The molecule has 1 unspecified atom stereocenters. The molecule has 0 fully saturated rings. The van der Waals surface area contributed by atoms with Crippen LogP contribution in [0.3, 0.4) is 0 Å². The first-order valence-corrected chi connectivity index (χ1v) is 15.6. The number of ether oxygens (including phenoxy) is 5. The third kappa shape index (κ3) is 26.6. The van der Waals surface area contributed by atoms with Crippen LogP contribution in [0.15, 0.2) is 0 Å². The molecule has 231 valence electrons. The van der Waals surface area contributed by atoms with Gasteiger partial charge in [-0.05, 0) is 39.8 Å². The van der Waals surface area contributed by atoms with Crippen LogP contribution in [-0.4, -0.2) is 76.5 Å². The Morgan fingerprint density at radius 1 is 0.692 bits per heavy atom. The highest BCUT2D eigenvalue weighted by molar-refractivity contribution is 5.69. The van der Waals surface area contributed by atoms with Crippen molar-refractivity contribution in [3.63, 3.8) is 0 Å². The van der Waals surface area contributed by atoms with E-state index in [9.17, 15) is 9.59 Å². The third-order valence-electron chi connectivity index (χ3n) is 6.55. The lowest BCUT2D eigenvalue weighted by Gasteiger charge is -2.19. The number of hydrogen-bond donors (Lipinski definition) is 0. The number of carbonyl (C=O) groups is 2. The third-order valence-corrected chi connectivity index (χ3v) is 6.55. The molecule has 39 heavy (non-hydrogen) atoms. The molecule has 0 aliphatic carbocycles. The first kappa shape index (κ1) is 37.6. The van der Waals surface area contributed by atoms with E-state index >= 15 is 0 Å². The summed E-state index contributed by atoms with van der Waals surface area (Å²) in [7, 11) is 2.01. The predicted molar refractivity (Wildman–Crippen MR) is 157 cm³/mol. The summed E-state index contributed by atoms with van der Waals surface area (Å²) in [6.07, 6.45) is 14.7. The van der Waals surface area contributed by atoms with E-state index in [1.807, 2.05) is 7.05 Å². The summed E-state index contributed by atoms with van der Waals surface area (Å²) < 4.78 is 27.4. The van der Waals surface area contributed by atoms with E-state index in [-0.39, 0.29) is 31.5 Å². The van der Waals surface area contributed by atoms with Gasteiger partial charge in [0.15, 0.2) is 6.29 Å². The van der Waals surface area contributed by atoms with Gasteiger partial charge in [0.05, 0.1) is 19.6 Å². The summed E-state index contributed by atoms with van der Waals surface area (Å²) in [6, 6.07) is 0. The SMILES string of the molecule is [CH2]C(COC(=O)CCC(OCCCCCCCC)OCCCCCCCC)COC(=O)OCCCN(C)CC. The number of nitrogens with zero attached hydrogens (tertiary/aromatic N) is 1. The van der Waals surface area contributed by atoms with Crippen molar-refractivity contribution in [3.05, 3.63) is 6.92 Å². The van der Waals surface area contributed by atoms with Crippen LogP contribution in [-0.2, 0) is 28.5 Å². The first-order chi connectivity index (χ1) is 18.9. The predicted octanol–water partition coefficient (Wildman–Crippen LogP) is 7.34. The van der Waals surface area contributed by atoms with Gasteiger partial charge in [0.2, 0.25) is 0 Å². The van der Waals surface area contributed by atoms with Crippen molar-refractivity contribution in [2.24, 2.45) is 5.92 Å². The molecule has 0 aromatic heterocycles. The Hall–Kier alpha value is -1.38. The summed E-state index contributed by atoms with van der Waals surface area (Å²) in [5, 5.41) is 0. The van der Waals surface area contributed by atoms with E-state index in [1.54, 1.807) is 0 Å². The van der Waals surface area contributed by atoms with Gasteiger partial charge in [0.1, 0.15) is 6.61 Å². The molecule has 0 aromatic rings. The first-order valence-electron chi connectivity index (χ1n) is 15.6. The van der Waals surface area contributed by atoms with Crippen molar-refractivity contribution < 1.29 is 33.3 Å². The molecule has 8 nitrogen and oxygen atoms in total. The minimum absolute atomic E-state index is 0.0341. The highest BCUT2D eigenvalue weighted by Gasteiger charge is 2.15. The summed E-state index contributed by atoms with van der Waals surface area (Å²) in [5.74, 6) is -0.695. The molecule has 0 rings (SSSR count). The fourth-order valence-corrected chi connectivity index (χ4v) is 3.85. The standard InChI is InChI=1S/C31H60NO7/c1-6-9-11-13-15-17-23-35-30(36-24-18-16-14-12-10-7-2)21-20-29(33)38-26-28(4)27-39-31(34)37-25-19-22-32(5)8-3/h28,30H,4,6-27H2,1-3,5H3. The average molecular weight is 559 g/mol. The molecule has 0 aromatic carbocycles. The van der Waals surface area contributed by atoms with Crippen molar-refractivity contribution in [3.8, 4) is 0 Å². The lowest BCUT2D eigenvalue weighted by molar-refractivity contribution is -0.160. The molecule has 1 radical (unpaired) electrons. The van der Waals surface area contributed by atoms with Gasteiger partial charge in [0.25, 0.3) is 0 Å². The number of esters is 1. The van der Waals surface area contributed by atoms with Crippen LogP contribution in [0, 0.1) is 12.8 Å². The maximum absolute atomic E-state index is 12.3. The molecule has 0 saturated carbocycles. The minimum Gasteiger partial charge on any atom is -0.465 e. The average Bonchev–Trinajstić information content (AvgIpc) is 2.94. The van der Waals surface area contributed by atoms with Gasteiger partial charge in [0, 0.05) is 32.1 Å². The van der Waals surface area contributed by atoms with Gasteiger partial charge in [-0.1, -0.05) is 85.0 Å². The van der Waals surface area contributed by atoms with Crippen LogP contribution < -0.4 is 0 Å². The van der Waals surface area contributed by atoms with E-state index in [2.05, 4.69) is 32.6 Å². The fraction of sp³-hybridized carbons (Fsp3) is 0.903. The quantitative estimate of drug-likeness (QED) is 0.0560. The maximum Gasteiger partial charge on any atom is 0.508 e. The second-order valence-electron chi connectivity index (χ2n) is 10.5. The molecule has 0 saturated heterocycles. The fourth-order valence-electron chi connectivity index (χ4n) is 3.85. The molecule has 1 atom stereocenters. The van der Waals surface area contributed by atoms with E-state index in [4.69, 9.17) is 23.7 Å². The molecule has 0 bridgehead atoms. The Labute approximate surface area is 239 Å². The van der Waals surface area contributed by atoms with E-state index in [0.717, 1.165) is 45.2 Å². The monoisotopic (exact) mass is 558 g/mol. The zero-order valence-electron chi connectivity index (χ0n) is 25.7. The maximum atomic E-state index is 12.3. The van der Waals surface area contributed by atoms with E-state index in [0.29, 0.717) is 26.2 Å². The molecule has 8 heteroatoms. The summed E-state index contributed by atoms with van der Waals surface area (Å²) in [5.41, 5.74) is 0. The lowest BCUT2D eigenvalue weighted by Crippen LogP contribution is -2.23. The van der Waals surface area contributed by atoms with Crippen molar-refractivity contribution in [1.29, 1.82) is 0 Å². The number of unbranched alkanes of at least 4 members (excludes halogenated alkanes) is 10. The Bertz CT molecular complexity index is 543. The van der Waals surface area contributed by atoms with Crippen LogP contribution in [0.1, 0.15) is 117 Å². The van der Waals surface area contributed by atoms with Gasteiger partial charge < -0.3 is 28.6 Å². The second-order valence-corrected chi connectivity index (χ2v) is 10.5. The largest absolute Gasteiger partial charge is 0.508 e. The number of hydrogen-bond acceptors (Lipinski definition) is 8. The van der Waals surface area contributed by atoms with Gasteiger partial charge in [-0.2, -0.15) is 0 Å². The van der Waals surface area contributed by atoms with E-state index < -0.39 is 12.4 Å². The van der Waals surface area contributed by atoms with Crippen LogP contribution in [0.4, 0.5) is 4.79 Å². The number of carbonyl (C=O) groups excluding carboxylic acids is 2. The van der Waals surface area contributed by atoms with Crippen LogP contribution in [0.5, 0.6) is 0 Å². The van der Waals surface area contributed by atoms with Gasteiger partial charge in [-0.25, -0.2) is 4.79 Å². The zero-order chi connectivity index (χ0) is 29.0. The molecule has 0 amide bonds. The molecule has 0 heterocycles. The molecular formula is C31H60NO7. The Morgan fingerprint density at radius 2 is 1.23 bits per heavy atom. The molecule has 0 spiro atoms. The van der Waals surface area contributed by atoms with Crippen molar-refractivity contribution in [2.45, 2.75) is 123 Å². The Morgan fingerprint density at radius 3 is 1.79 bits per heavy atom. The van der Waals surface area contributed by atoms with Crippen LogP contribution in [0.25, 0.3) is 0 Å². The lowest BCUT2D eigenvalue weighted by atomic mass is 10.1. The topological polar surface area (TPSA) is 83.5 Å². The minimum atomic E-state index is -0.720. The highest BCUT2D eigenvalue weighted by atomic mass is 16.7.